The molecular weight excluding hydrogens is 288 g/mol. The standard InChI is InChI=1S/C17H21ClO3/c1-3-19-17(20-4-2)11-12-21-16-10-9-15(18)13-7-5-6-8-14(13)16/h5-10,17H,3-4,11-12H2,1-2H3. The van der Waals surface area contributed by atoms with Crippen LogP contribution in [-0.4, -0.2) is 26.1 Å². The van der Waals surface area contributed by atoms with Crippen molar-refractivity contribution in [2.24, 2.45) is 0 Å². The van der Waals surface area contributed by atoms with Crippen molar-refractivity contribution in [3.63, 3.8) is 0 Å². The van der Waals surface area contributed by atoms with Gasteiger partial charge in [0.25, 0.3) is 0 Å². The number of ether oxygens (including phenoxy) is 3. The molecule has 0 bridgehead atoms. The van der Waals surface area contributed by atoms with Gasteiger partial charge in [0.2, 0.25) is 0 Å². The number of benzene rings is 2. The van der Waals surface area contributed by atoms with Crippen LogP contribution in [0.4, 0.5) is 0 Å². The molecule has 4 heteroatoms. The fourth-order valence-electron chi connectivity index (χ4n) is 2.21. The Morgan fingerprint density at radius 1 is 0.952 bits per heavy atom. The average molecular weight is 309 g/mol. The Kier molecular flexibility index (Phi) is 6.30. The maximum Gasteiger partial charge on any atom is 0.160 e. The fourth-order valence-corrected chi connectivity index (χ4v) is 2.44. The molecule has 0 unspecified atom stereocenters. The van der Waals surface area contributed by atoms with E-state index in [-0.39, 0.29) is 6.29 Å². The highest BCUT2D eigenvalue weighted by Crippen LogP contribution is 2.31. The van der Waals surface area contributed by atoms with Crippen molar-refractivity contribution in [1.29, 1.82) is 0 Å². The first-order chi connectivity index (χ1) is 10.3. The Morgan fingerprint density at radius 2 is 1.62 bits per heavy atom. The molecule has 0 aliphatic carbocycles. The zero-order valence-electron chi connectivity index (χ0n) is 12.5. The first-order valence-corrected chi connectivity index (χ1v) is 7.67. The molecule has 2 aromatic rings. The maximum absolute atomic E-state index is 6.20. The van der Waals surface area contributed by atoms with Gasteiger partial charge in [-0.05, 0) is 26.0 Å². The summed E-state index contributed by atoms with van der Waals surface area (Å²) in [5, 5.41) is 2.76. The van der Waals surface area contributed by atoms with Crippen LogP contribution in [0.5, 0.6) is 5.75 Å². The first kappa shape index (κ1) is 16.1. The smallest absolute Gasteiger partial charge is 0.160 e. The predicted octanol–water partition coefficient (Wildman–Crippen LogP) is 4.66. The summed E-state index contributed by atoms with van der Waals surface area (Å²) in [4.78, 5) is 0. The van der Waals surface area contributed by atoms with Crippen molar-refractivity contribution in [2.45, 2.75) is 26.6 Å². The average Bonchev–Trinajstić information content (AvgIpc) is 2.50. The van der Waals surface area contributed by atoms with Gasteiger partial charge in [0.1, 0.15) is 5.75 Å². The summed E-state index contributed by atoms with van der Waals surface area (Å²) in [6, 6.07) is 11.7. The zero-order valence-corrected chi connectivity index (χ0v) is 13.2. The molecule has 0 saturated carbocycles. The predicted molar refractivity (Wildman–Crippen MR) is 86.1 cm³/mol. The highest BCUT2D eigenvalue weighted by atomic mass is 35.5. The molecule has 0 aliphatic heterocycles. The molecule has 0 heterocycles. The third-order valence-corrected chi connectivity index (χ3v) is 3.48. The van der Waals surface area contributed by atoms with Gasteiger partial charge in [-0.1, -0.05) is 35.9 Å². The minimum absolute atomic E-state index is 0.210. The second kappa shape index (κ2) is 8.23. The normalized spacial score (nSPS) is 11.2. The number of hydrogen-bond donors (Lipinski definition) is 0. The van der Waals surface area contributed by atoms with E-state index in [4.69, 9.17) is 25.8 Å². The van der Waals surface area contributed by atoms with E-state index in [9.17, 15) is 0 Å². The lowest BCUT2D eigenvalue weighted by Crippen LogP contribution is -2.20. The van der Waals surface area contributed by atoms with E-state index in [1.165, 1.54) is 0 Å². The highest BCUT2D eigenvalue weighted by Gasteiger charge is 2.09. The molecule has 0 aliphatic rings. The van der Waals surface area contributed by atoms with Crippen LogP contribution in [0.3, 0.4) is 0 Å². The summed E-state index contributed by atoms with van der Waals surface area (Å²) >= 11 is 6.20. The van der Waals surface area contributed by atoms with Crippen molar-refractivity contribution in [2.75, 3.05) is 19.8 Å². The SMILES string of the molecule is CCOC(CCOc1ccc(Cl)c2ccccc12)OCC. The first-order valence-electron chi connectivity index (χ1n) is 7.29. The molecule has 114 valence electrons. The molecule has 0 N–H and O–H groups in total. The summed E-state index contributed by atoms with van der Waals surface area (Å²) in [7, 11) is 0. The van der Waals surface area contributed by atoms with Crippen LogP contribution in [0.25, 0.3) is 10.8 Å². The van der Waals surface area contributed by atoms with Gasteiger partial charge in [-0.2, -0.15) is 0 Å². The van der Waals surface area contributed by atoms with E-state index in [2.05, 4.69) is 0 Å². The molecule has 21 heavy (non-hydrogen) atoms. The van der Waals surface area contributed by atoms with Gasteiger partial charge in [0.05, 0.1) is 6.61 Å². The van der Waals surface area contributed by atoms with Gasteiger partial charge >= 0.3 is 0 Å². The summed E-state index contributed by atoms with van der Waals surface area (Å²) in [5.74, 6) is 0.835. The summed E-state index contributed by atoms with van der Waals surface area (Å²) in [6.45, 7) is 5.72. The van der Waals surface area contributed by atoms with Crippen LogP contribution >= 0.6 is 11.6 Å². The van der Waals surface area contributed by atoms with Gasteiger partial charge in [-0.15, -0.1) is 0 Å². The molecule has 0 spiro atoms. The van der Waals surface area contributed by atoms with E-state index in [0.717, 1.165) is 21.5 Å². The third-order valence-electron chi connectivity index (χ3n) is 3.15. The largest absolute Gasteiger partial charge is 0.493 e. The molecule has 2 rings (SSSR count). The quantitative estimate of drug-likeness (QED) is 0.664. The number of fused-ring (bicyclic) bond motifs is 1. The molecule has 0 amide bonds. The Bertz CT molecular complexity index is 565. The van der Waals surface area contributed by atoms with E-state index in [1.54, 1.807) is 0 Å². The van der Waals surface area contributed by atoms with E-state index >= 15 is 0 Å². The fraction of sp³-hybridized carbons (Fsp3) is 0.412. The molecule has 0 saturated heterocycles. The van der Waals surface area contributed by atoms with Gasteiger partial charge in [-0.25, -0.2) is 0 Å². The Balaban J connectivity index is 2.02. The van der Waals surface area contributed by atoms with Crippen molar-refractivity contribution in [3.8, 4) is 5.75 Å². The van der Waals surface area contributed by atoms with E-state index < -0.39 is 0 Å². The molecule has 0 fully saturated rings. The molecule has 0 atom stereocenters. The van der Waals surface area contributed by atoms with Crippen LogP contribution in [0.2, 0.25) is 5.02 Å². The van der Waals surface area contributed by atoms with Gasteiger partial charge in [-0.3, -0.25) is 0 Å². The second-order valence-corrected chi connectivity index (χ2v) is 4.98. The third kappa shape index (κ3) is 4.34. The van der Waals surface area contributed by atoms with Crippen molar-refractivity contribution in [1.82, 2.24) is 0 Å². The van der Waals surface area contributed by atoms with Crippen LogP contribution in [-0.2, 0) is 9.47 Å². The van der Waals surface area contributed by atoms with Crippen LogP contribution in [0.1, 0.15) is 20.3 Å². The van der Waals surface area contributed by atoms with Crippen LogP contribution in [0, 0.1) is 0 Å². The van der Waals surface area contributed by atoms with Crippen LogP contribution in [0.15, 0.2) is 36.4 Å². The minimum atomic E-state index is -0.210. The Morgan fingerprint density at radius 3 is 2.29 bits per heavy atom. The van der Waals surface area contributed by atoms with Crippen molar-refractivity contribution in [3.05, 3.63) is 41.4 Å². The van der Waals surface area contributed by atoms with Crippen molar-refractivity contribution >= 4 is 22.4 Å². The summed E-state index contributed by atoms with van der Waals surface area (Å²) in [6.07, 6.45) is 0.483. The topological polar surface area (TPSA) is 27.7 Å². The molecule has 0 aromatic heterocycles. The molecule has 3 nitrogen and oxygen atoms in total. The van der Waals surface area contributed by atoms with Gasteiger partial charge < -0.3 is 14.2 Å². The number of rotatable bonds is 8. The minimum Gasteiger partial charge on any atom is -0.493 e. The monoisotopic (exact) mass is 308 g/mol. The lowest BCUT2D eigenvalue weighted by atomic mass is 10.1. The number of hydrogen-bond acceptors (Lipinski definition) is 3. The summed E-state index contributed by atoms with van der Waals surface area (Å²) < 4.78 is 16.9. The Hall–Kier alpha value is -1.29. The molecule has 0 radical (unpaired) electrons. The number of halogens is 1. The highest BCUT2D eigenvalue weighted by molar-refractivity contribution is 6.35. The van der Waals surface area contributed by atoms with Crippen LogP contribution < -0.4 is 4.74 Å². The lowest BCUT2D eigenvalue weighted by molar-refractivity contribution is -0.142. The van der Waals surface area contributed by atoms with Gasteiger partial charge in [0.15, 0.2) is 6.29 Å². The molecule has 2 aromatic carbocycles. The Labute approximate surface area is 130 Å². The van der Waals surface area contributed by atoms with Crippen molar-refractivity contribution < 1.29 is 14.2 Å². The summed E-state index contributed by atoms with van der Waals surface area (Å²) in [5.41, 5.74) is 0. The second-order valence-electron chi connectivity index (χ2n) is 4.57. The lowest BCUT2D eigenvalue weighted by Gasteiger charge is -2.17. The maximum atomic E-state index is 6.20. The van der Waals surface area contributed by atoms with Gasteiger partial charge in [0, 0.05) is 35.4 Å². The van der Waals surface area contributed by atoms with E-state index in [1.807, 2.05) is 50.2 Å². The molecular formula is C17H21ClO3. The zero-order chi connectivity index (χ0) is 15.1. The van der Waals surface area contributed by atoms with E-state index in [0.29, 0.717) is 26.2 Å².